The Balaban J connectivity index is 0.958. The van der Waals surface area contributed by atoms with Gasteiger partial charge in [-0.2, -0.15) is 0 Å². The van der Waals surface area contributed by atoms with Gasteiger partial charge in [-0.25, -0.2) is 0 Å². The van der Waals surface area contributed by atoms with E-state index in [2.05, 4.69) is 290 Å². The molecule has 0 aliphatic carbocycles. The topological polar surface area (TPSA) is 3.24 Å². The molecular formula is C68H47N. The molecule has 12 aromatic carbocycles. The van der Waals surface area contributed by atoms with Crippen LogP contribution in [-0.2, 0) is 0 Å². The summed E-state index contributed by atoms with van der Waals surface area (Å²) in [5, 5.41) is 4.99. The van der Waals surface area contributed by atoms with Crippen molar-refractivity contribution in [3.05, 3.63) is 285 Å². The lowest BCUT2D eigenvalue weighted by Gasteiger charge is -2.26. The molecule has 0 aliphatic heterocycles. The molecule has 69 heavy (non-hydrogen) atoms. The predicted octanol–water partition coefficient (Wildman–Crippen LogP) is 19.1. The summed E-state index contributed by atoms with van der Waals surface area (Å²) in [6.07, 6.45) is 0. The van der Waals surface area contributed by atoms with Crippen LogP contribution in [-0.4, -0.2) is 0 Å². The summed E-state index contributed by atoms with van der Waals surface area (Å²) in [6, 6.07) is 104. The Bertz CT molecular complexity index is 3570. The number of rotatable bonds is 10. The molecule has 0 atom stereocenters. The van der Waals surface area contributed by atoms with Crippen LogP contribution in [0.2, 0.25) is 0 Å². The lowest BCUT2D eigenvalue weighted by molar-refractivity contribution is 1.28. The zero-order valence-corrected chi connectivity index (χ0v) is 38.1. The highest BCUT2D eigenvalue weighted by Gasteiger charge is 2.19. The van der Waals surface area contributed by atoms with Crippen LogP contribution >= 0.6 is 0 Å². The van der Waals surface area contributed by atoms with Crippen molar-refractivity contribution < 1.29 is 0 Å². The fraction of sp³-hybridized carbons (Fsp3) is 0. The molecule has 0 aliphatic rings. The van der Waals surface area contributed by atoms with Gasteiger partial charge in [0.15, 0.2) is 0 Å². The minimum atomic E-state index is 1.08. The summed E-state index contributed by atoms with van der Waals surface area (Å²) in [5.41, 5.74) is 20.1. The Morgan fingerprint density at radius 3 is 0.913 bits per heavy atom. The average molecular weight is 878 g/mol. The number of benzene rings is 12. The van der Waals surface area contributed by atoms with Gasteiger partial charge in [-0.1, -0.05) is 243 Å². The van der Waals surface area contributed by atoms with Gasteiger partial charge < -0.3 is 4.90 Å². The summed E-state index contributed by atoms with van der Waals surface area (Å²) < 4.78 is 0. The minimum absolute atomic E-state index is 1.08. The van der Waals surface area contributed by atoms with Crippen molar-refractivity contribution >= 4 is 38.6 Å². The Morgan fingerprint density at radius 2 is 0.464 bits per heavy atom. The molecule has 0 spiro atoms. The largest absolute Gasteiger partial charge is 0.310 e. The van der Waals surface area contributed by atoms with E-state index in [-0.39, 0.29) is 0 Å². The first-order valence-corrected chi connectivity index (χ1v) is 23.7. The minimum Gasteiger partial charge on any atom is -0.310 e. The summed E-state index contributed by atoms with van der Waals surface area (Å²) >= 11 is 0. The van der Waals surface area contributed by atoms with Gasteiger partial charge in [-0.3, -0.25) is 0 Å². The lowest BCUT2D eigenvalue weighted by atomic mass is 9.84. The third-order valence-corrected chi connectivity index (χ3v) is 13.5. The zero-order valence-electron chi connectivity index (χ0n) is 38.1. The zero-order chi connectivity index (χ0) is 45.9. The first-order valence-electron chi connectivity index (χ1n) is 23.7. The molecule has 0 saturated heterocycles. The van der Waals surface area contributed by atoms with Crippen LogP contribution in [0.15, 0.2) is 285 Å². The average Bonchev–Trinajstić information content (AvgIpc) is 3.44. The third-order valence-electron chi connectivity index (χ3n) is 13.5. The number of nitrogens with zero attached hydrogens (tertiary/aromatic N) is 1. The summed E-state index contributed by atoms with van der Waals surface area (Å²) in [7, 11) is 0. The van der Waals surface area contributed by atoms with E-state index in [1.165, 1.54) is 93.9 Å². The first-order chi connectivity index (χ1) is 34.2. The molecule has 12 aromatic rings. The van der Waals surface area contributed by atoms with Crippen molar-refractivity contribution in [3.63, 3.8) is 0 Å². The second-order valence-corrected chi connectivity index (χ2v) is 17.7. The van der Waals surface area contributed by atoms with E-state index in [9.17, 15) is 0 Å². The standard InChI is InChI=1S/C68H47N/c1-5-16-48(17-6-1)50-28-32-52(33-29-50)54-36-41-60(42-37-54)69(61-43-38-55(39-44-61)53-34-30-51(31-35-53)49-18-7-2-8-19-49)62-25-15-24-58(46-62)59-40-45-64-63-26-13-14-27-65(63)67(56-20-9-3-10-21-56)68(66(64)47-59)57-22-11-4-12-23-57/h1-47H. The first kappa shape index (κ1) is 41.4. The molecule has 0 N–H and O–H groups in total. The molecule has 0 aromatic heterocycles. The molecular weight excluding hydrogens is 831 g/mol. The molecule has 1 heteroatoms. The van der Waals surface area contributed by atoms with Gasteiger partial charge in [0.1, 0.15) is 0 Å². The fourth-order valence-corrected chi connectivity index (χ4v) is 10.0. The van der Waals surface area contributed by atoms with E-state index >= 15 is 0 Å². The van der Waals surface area contributed by atoms with Crippen LogP contribution in [0.4, 0.5) is 17.1 Å². The van der Waals surface area contributed by atoms with Crippen molar-refractivity contribution in [1.29, 1.82) is 0 Å². The smallest absolute Gasteiger partial charge is 0.0467 e. The molecule has 0 radical (unpaired) electrons. The van der Waals surface area contributed by atoms with Crippen molar-refractivity contribution in [1.82, 2.24) is 0 Å². The second kappa shape index (κ2) is 18.3. The fourth-order valence-electron chi connectivity index (χ4n) is 10.0. The number of hydrogen-bond donors (Lipinski definition) is 0. The van der Waals surface area contributed by atoms with Crippen LogP contribution in [0.3, 0.4) is 0 Å². The SMILES string of the molecule is c1ccc(-c2ccc(-c3ccc(N(c4ccc(-c5ccc(-c6ccccc6)cc5)cc4)c4cccc(-c5ccc6c(c5)c(-c5ccccc5)c(-c5ccccc5)c5ccccc56)c4)cc3)cc2)cc1. The van der Waals surface area contributed by atoms with E-state index in [4.69, 9.17) is 0 Å². The molecule has 324 valence electrons. The molecule has 0 saturated carbocycles. The number of fused-ring (bicyclic) bond motifs is 3. The van der Waals surface area contributed by atoms with E-state index in [0.29, 0.717) is 0 Å². The highest BCUT2D eigenvalue weighted by molar-refractivity contribution is 6.22. The van der Waals surface area contributed by atoms with Gasteiger partial charge in [0.25, 0.3) is 0 Å². The second-order valence-electron chi connectivity index (χ2n) is 17.7. The van der Waals surface area contributed by atoms with Crippen LogP contribution < -0.4 is 4.90 Å². The Labute approximate surface area is 404 Å². The van der Waals surface area contributed by atoms with E-state index in [0.717, 1.165) is 22.6 Å². The van der Waals surface area contributed by atoms with Crippen molar-refractivity contribution in [2.24, 2.45) is 0 Å². The molecule has 12 rings (SSSR count). The van der Waals surface area contributed by atoms with Gasteiger partial charge in [0.2, 0.25) is 0 Å². The maximum atomic E-state index is 2.41. The predicted molar refractivity (Wildman–Crippen MR) is 294 cm³/mol. The van der Waals surface area contributed by atoms with Crippen LogP contribution in [0.25, 0.3) is 99.4 Å². The van der Waals surface area contributed by atoms with Gasteiger partial charge in [-0.05, 0) is 142 Å². The van der Waals surface area contributed by atoms with E-state index in [1.807, 2.05) is 0 Å². The summed E-state index contributed by atoms with van der Waals surface area (Å²) in [6.45, 7) is 0. The van der Waals surface area contributed by atoms with Gasteiger partial charge in [-0.15, -0.1) is 0 Å². The van der Waals surface area contributed by atoms with E-state index < -0.39 is 0 Å². The molecule has 0 amide bonds. The van der Waals surface area contributed by atoms with Crippen LogP contribution in [0.5, 0.6) is 0 Å². The van der Waals surface area contributed by atoms with Gasteiger partial charge >= 0.3 is 0 Å². The third kappa shape index (κ3) is 8.18. The monoisotopic (exact) mass is 877 g/mol. The molecule has 1 nitrogen and oxygen atoms in total. The summed E-state index contributed by atoms with van der Waals surface area (Å²) in [5.74, 6) is 0. The Hall–Kier alpha value is -9.04. The maximum absolute atomic E-state index is 2.41. The molecule has 0 unspecified atom stereocenters. The van der Waals surface area contributed by atoms with Gasteiger partial charge in [0.05, 0.1) is 0 Å². The van der Waals surface area contributed by atoms with Crippen LogP contribution in [0.1, 0.15) is 0 Å². The number of hydrogen-bond acceptors (Lipinski definition) is 1. The molecule has 0 fully saturated rings. The normalized spacial score (nSPS) is 11.2. The molecule has 0 heterocycles. The number of anilines is 3. The lowest BCUT2D eigenvalue weighted by Crippen LogP contribution is -2.10. The van der Waals surface area contributed by atoms with Crippen molar-refractivity contribution in [2.75, 3.05) is 4.90 Å². The van der Waals surface area contributed by atoms with E-state index in [1.54, 1.807) is 0 Å². The maximum Gasteiger partial charge on any atom is 0.0467 e. The Kier molecular flexibility index (Phi) is 11.0. The van der Waals surface area contributed by atoms with Gasteiger partial charge in [0, 0.05) is 17.1 Å². The quantitative estimate of drug-likeness (QED) is 0.124. The molecule has 0 bridgehead atoms. The summed E-state index contributed by atoms with van der Waals surface area (Å²) in [4.78, 5) is 2.38. The Morgan fingerprint density at radius 1 is 0.159 bits per heavy atom. The highest BCUT2D eigenvalue weighted by Crippen LogP contribution is 2.46. The van der Waals surface area contributed by atoms with Crippen molar-refractivity contribution in [3.8, 4) is 77.9 Å². The highest BCUT2D eigenvalue weighted by atomic mass is 15.1. The van der Waals surface area contributed by atoms with Crippen LogP contribution in [0, 0.1) is 0 Å². The van der Waals surface area contributed by atoms with Crippen molar-refractivity contribution in [2.45, 2.75) is 0 Å².